The topological polar surface area (TPSA) is 89.5 Å². The Morgan fingerprint density at radius 3 is 1.23 bits per heavy atom. The summed E-state index contributed by atoms with van der Waals surface area (Å²) in [6.45, 7) is 54.7. The molecule has 0 aliphatic carbocycles. The standard InChI is InChI=1S/C67H88O8P2/c1-59(2,3)38-29-41-42-30-39(60(4,5)6)32-44(62(10,11)12)54(42)74-77(73-53(41)43(31-38)61(7,8)9)75-58-48(66(22,23)24)34-46(64(16,17)18)56-52(58)67(37-70-56)36-69-55-45(63(13,14)15)33-47(65(19,20)21)57(51(55)67)72-76-35-49(68)40-27-25-26-28-50(40)71-76/h25-34H,35-37H2,1-24H3. The lowest BCUT2D eigenvalue weighted by Crippen LogP contribution is -2.33. The predicted molar refractivity (Wildman–Crippen MR) is 320 cm³/mol. The maximum atomic E-state index is 13.9. The van der Waals surface area contributed by atoms with Crippen LogP contribution in [-0.2, 0) is 48.7 Å². The van der Waals surface area contributed by atoms with Crippen molar-refractivity contribution in [1.82, 2.24) is 0 Å². The molecular weight excluding hydrogens is 995 g/mol. The van der Waals surface area contributed by atoms with Gasteiger partial charge in [0.1, 0.15) is 64.7 Å². The monoisotopic (exact) mass is 1080 g/mol. The zero-order valence-corrected chi connectivity index (χ0v) is 52.8. The van der Waals surface area contributed by atoms with E-state index < -0.39 is 32.9 Å². The molecule has 9 rings (SSSR count). The summed E-state index contributed by atoms with van der Waals surface area (Å²) >= 11 is 0. The second kappa shape index (κ2) is 18.3. The molecule has 1 spiro atoms. The smallest absolute Gasteiger partial charge is 0.453 e. The highest BCUT2D eigenvalue weighted by Gasteiger charge is 2.57. The van der Waals surface area contributed by atoms with Crippen molar-refractivity contribution in [1.29, 1.82) is 0 Å². The Morgan fingerprint density at radius 1 is 0.455 bits per heavy atom. The highest BCUT2D eigenvalue weighted by Crippen LogP contribution is 2.65. The van der Waals surface area contributed by atoms with Gasteiger partial charge >= 0.3 is 8.24 Å². The van der Waals surface area contributed by atoms with Crippen LogP contribution in [0.25, 0.3) is 21.9 Å². The van der Waals surface area contributed by atoms with Crippen molar-refractivity contribution < 1.29 is 36.2 Å². The van der Waals surface area contributed by atoms with Crippen LogP contribution >= 0.6 is 16.6 Å². The number of ether oxygens (including phenoxy) is 2. The molecule has 8 nitrogen and oxygen atoms in total. The molecule has 10 heteroatoms. The first kappa shape index (κ1) is 56.8. The summed E-state index contributed by atoms with van der Waals surface area (Å²) in [5.41, 5.74) is 9.24. The number of hydrogen-bond donors (Lipinski definition) is 0. The van der Waals surface area contributed by atoms with Crippen LogP contribution in [0.3, 0.4) is 0 Å². The predicted octanol–water partition coefficient (Wildman–Crippen LogP) is 19.5. The summed E-state index contributed by atoms with van der Waals surface area (Å²) in [6.07, 6.45) is 0.118. The van der Waals surface area contributed by atoms with Crippen LogP contribution in [0, 0.1) is 0 Å². The molecule has 0 bridgehead atoms. The van der Waals surface area contributed by atoms with Gasteiger partial charge in [-0.05, 0) is 90.8 Å². The largest absolute Gasteiger partial charge is 0.491 e. The number of rotatable bonds is 4. The maximum absolute atomic E-state index is 13.9. The van der Waals surface area contributed by atoms with Crippen LogP contribution in [0.1, 0.15) is 232 Å². The maximum Gasteiger partial charge on any atom is 0.453 e. The van der Waals surface area contributed by atoms with E-state index >= 15 is 0 Å². The molecule has 0 saturated carbocycles. The van der Waals surface area contributed by atoms with Crippen molar-refractivity contribution in [3.63, 3.8) is 0 Å². The van der Waals surface area contributed by atoms with Crippen LogP contribution in [0.2, 0.25) is 0 Å². The number of fused-ring (bicyclic) bond motifs is 8. The van der Waals surface area contributed by atoms with Gasteiger partial charge < -0.3 is 31.4 Å². The van der Waals surface area contributed by atoms with Crippen LogP contribution in [0.4, 0.5) is 0 Å². The van der Waals surface area contributed by atoms with Crippen LogP contribution in [0.15, 0.2) is 69.1 Å². The fraction of sp³-hybridized carbons (Fsp3) is 0.537. The van der Waals surface area contributed by atoms with Gasteiger partial charge in [-0.15, -0.1) is 0 Å². The van der Waals surface area contributed by atoms with E-state index in [1.807, 2.05) is 24.3 Å². The van der Waals surface area contributed by atoms with Gasteiger partial charge in [0.05, 0.1) is 16.7 Å². The van der Waals surface area contributed by atoms with Crippen molar-refractivity contribution in [2.24, 2.45) is 0 Å². The molecule has 2 atom stereocenters. The molecular formula is C67H88O8P2. The normalized spacial score (nSPS) is 18.2. The minimum Gasteiger partial charge on any atom is -0.491 e. The molecule has 414 valence electrons. The molecule has 0 radical (unpaired) electrons. The first-order valence-electron chi connectivity index (χ1n) is 27.8. The quantitative estimate of drug-likeness (QED) is 0.161. The van der Waals surface area contributed by atoms with Crippen molar-refractivity contribution in [2.45, 2.75) is 215 Å². The fourth-order valence-corrected chi connectivity index (χ4v) is 13.6. The summed E-state index contributed by atoms with van der Waals surface area (Å²) < 4.78 is 51.6. The second-order valence-electron chi connectivity index (χ2n) is 30.6. The SMILES string of the molecule is CC(C)(C)c1cc(C(C)(C)C)c2op(Oc3c(C(C)(C)C)cc(C(C)(C)C)c4c3C3(COc5c(C(C)(C)C)cc(C(C)(C)C)c(OP6CC(=O)c7ccccc7O6)c53)CO4)oc3c(C(C)(C)C)cc(C(C)(C)C)cc3c2c1. The van der Waals surface area contributed by atoms with Crippen molar-refractivity contribution in [3.8, 4) is 28.7 Å². The van der Waals surface area contributed by atoms with E-state index in [4.69, 9.17) is 31.4 Å². The highest BCUT2D eigenvalue weighted by atomic mass is 31.2. The van der Waals surface area contributed by atoms with Gasteiger partial charge in [0, 0.05) is 44.2 Å². The van der Waals surface area contributed by atoms with E-state index in [1.165, 1.54) is 11.1 Å². The van der Waals surface area contributed by atoms with Gasteiger partial charge in [0.25, 0.3) is 8.38 Å². The second-order valence-corrected chi connectivity index (χ2v) is 32.9. The molecule has 0 N–H and O–H groups in total. The molecule has 0 fully saturated rings. The molecule has 0 amide bonds. The molecule has 2 unspecified atom stereocenters. The van der Waals surface area contributed by atoms with Crippen LogP contribution < -0.4 is 23.0 Å². The lowest BCUT2D eigenvalue weighted by atomic mass is 9.69. The first-order valence-corrected chi connectivity index (χ1v) is 30.2. The summed E-state index contributed by atoms with van der Waals surface area (Å²) in [6, 6.07) is 21.4. The van der Waals surface area contributed by atoms with E-state index in [0.717, 1.165) is 77.9 Å². The van der Waals surface area contributed by atoms with Gasteiger partial charge in [-0.2, -0.15) is 0 Å². The van der Waals surface area contributed by atoms with Crippen molar-refractivity contribution >= 4 is 44.3 Å². The summed E-state index contributed by atoms with van der Waals surface area (Å²) in [5, 5.41) is 2.01. The number of benzene rings is 5. The Kier molecular flexibility index (Phi) is 13.5. The van der Waals surface area contributed by atoms with Gasteiger partial charge in [0.15, 0.2) is 5.78 Å². The van der Waals surface area contributed by atoms with Crippen LogP contribution in [0.5, 0.6) is 28.7 Å². The Hall–Kier alpha value is -4.90. The van der Waals surface area contributed by atoms with Gasteiger partial charge in [-0.3, -0.25) is 4.79 Å². The average Bonchev–Trinajstić information content (AvgIpc) is 3.98. The van der Waals surface area contributed by atoms with E-state index in [-0.39, 0.29) is 57.6 Å². The number of Topliss-reactive ketones (excluding diaryl/α,β-unsaturated/α-hetero) is 1. The molecule has 5 aromatic carbocycles. The molecule has 6 aromatic rings. The van der Waals surface area contributed by atoms with Gasteiger partial charge in [-0.25, -0.2) is 0 Å². The minimum atomic E-state index is -2.24. The Bertz CT molecular complexity index is 3310. The fourth-order valence-electron chi connectivity index (χ4n) is 11.1. The van der Waals surface area contributed by atoms with E-state index in [2.05, 4.69) is 203 Å². The molecule has 4 heterocycles. The number of hydrogen-bond acceptors (Lipinski definition) is 8. The lowest BCUT2D eigenvalue weighted by molar-refractivity contribution is 0.101. The molecule has 1 aromatic heterocycles. The summed E-state index contributed by atoms with van der Waals surface area (Å²) in [7, 11) is -4.00. The minimum absolute atomic E-state index is 0.00131. The summed E-state index contributed by atoms with van der Waals surface area (Å²) in [4.78, 5) is 13.9. The number of carbonyl (C=O) groups excluding carboxylic acids is 1. The Labute approximate surface area is 463 Å². The number of ketones is 1. The van der Waals surface area contributed by atoms with Gasteiger partial charge in [-0.1, -0.05) is 190 Å². The molecule has 0 saturated heterocycles. The first-order chi connectivity index (χ1) is 35.1. The molecule has 77 heavy (non-hydrogen) atoms. The van der Waals surface area contributed by atoms with Crippen LogP contribution in [-0.4, -0.2) is 25.2 Å². The van der Waals surface area contributed by atoms with Crippen molar-refractivity contribution in [2.75, 3.05) is 19.4 Å². The van der Waals surface area contributed by atoms with Gasteiger partial charge in [0.2, 0.25) is 0 Å². The van der Waals surface area contributed by atoms with E-state index in [0.29, 0.717) is 22.8 Å². The summed E-state index contributed by atoms with van der Waals surface area (Å²) in [5.74, 6) is 3.41. The third-order valence-electron chi connectivity index (χ3n) is 15.7. The van der Waals surface area contributed by atoms with E-state index in [9.17, 15) is 4.79 Å². The Balaban J connectivity index is 1.43. The third-order valence-corrected chi connectivity index (χ3v) is 18.1. The zero-order chi connectivity index (χ0) is 56.9. The van der Waals surface area contributed by atoms with Crippen molar-refractivity contribution in [3.05, 3.63) is 122 Å². The third kappa shape index (κ3) is 10.2. The molecule has 3 aliphatic heterocycles. The zero-order valence-electron chi connectivity index (χ0n) is 51.1. The Morgan fingerprint density at radius 2 is 0.844 bits per heavy atom. The number of para-hydroxylation sites is 1. The number of carbonyl (C=O) groups is 1. The highest BCUT2D eigenvalue weighted by molar-refractivity contribution is 7.49. The lowest BCUT2D eigenvalue weighted by Gasteiger charge is -2.35. The average molecular weight is 1080 g/mol. The van der Waals surface area contributed by atoms with E-state index in [1.54, 1.807) is 0 Å². The molecule has 3 aliphatic rings.